The number of sulfonamides is 1. The molecule has 0 radical (unpaired) electrons. The minimum Gasteiger partial charge on any atom is -0.399 e. The van der Waals surface area contributed by atoms with Crippen molar-refractivity contribution < 1.29 is 17.5 Å². The molecule has 0 atom stereocenters. The smallest absolute Gasteiger partial charge is 0.246 e. The maximum atomic E-state index is 13.8. The summed E-state index contributed by atoms with van der Waals surface area (Å²) in [5, 5.41) is 0. The maximum absolute atomic E-state index is 13.8. The lowest BCUT2D eigenvalue weighted by Gasteiger charge is -2.40. The third kappa shape index (κ3) is 2.58. The summed E-state index contributed by atoms with van der Waals surface area (Å²) < 4.78 is 45.4. The molecule has 0 unspecified atom stereocenters. The SMILES string of the molecule is CC1(C)COCCN1S(=O)(=O)c1ccc(N)cc1F. The Morgan fingerprint density at radius 3 is 2.68 bits per heavy atom. The van der Waals surface area contributed by atoms with Gasteiger partial charge in [0.1, 0.15) is 10.7 Å². The van der Waals surface area contributed by atoms with Crippen molar-refractivity contribution >= 4 is 15.7 Å². The van der Waals surface area contributed by atoms with E-state index < -0.39 is 21.4 Å². The van der Waals surface area contributed by atoms with Crippen molar-refractivity contribution in [2.45, 2.75) is 24.3 Å². The van der Waals surface area contributed by atoms with E-state index >= 15 is 0 Å². The van der Waals surface area contributed by atoms with Gasteiger partial charge in [-0.15, -0.1) is 0 Å². The Balaban J connectivity index is 2.47. The Morgan fingerprint density at radius 1 is 1.42 bits per heavy atom. The van der Waals surface area contributed by atoms with Gasteiger partial charge in [-0.05, 0) is 32.0 Å². The normalized spacial score (nSPS) is 20.4. The highest BCUT2D eigenvalue weighted by molar-refractivity contribution is 7.89. The van der Waals surface area contributed by atoms with Crippen LogP contribution in [0.4, 0.5) is 10.1 Å². The molecule has 2 N–H and O–H groups in total. The van der Waals surface area contributed by atoms with E-state index in [1.165, 1.54) is 16.4 Å². The first-order chi connectivity index (χ1) is 8.75. The summed E-state index contributed by atoms with van der Waals surface area (Å²) in [6.45, 7) is 4.29. The number of nitrogens with zero attached hydrogens (tertiary/aromatic N) is 1. The van der Waals surface area contributed by atoms with E-state index in [2.05, 4.69) is 0 Å². The molecule has 7 heteroatoms. The van der Waals surface area contributed by atoms with Gasteiger partial charge in [0, 0.05) is 12.2 Å². The summed E-state index contributed by atoms with van der Waals surface area (Å²) >= 11 is 0. The maximum Gasteiger partial charge on any atom is 0.246 e. The zero-order valence-electron chi connectivity index (χ0n) is 10.9. The Hall–Kier alpha value is -1.18. The summed E-state index contributed by atoms with van der Waals surface area (Å²) in [7, 11) is -3.89. The lowest BCUT2D eigenvalue weighted by atomic mass is 10.1. The van der Waals surface area contributed by atoms with Crippen molar-refractivity contribution in [3.05, 3.63) is 24.0 Å². The summed E-state index contributed by atoms with van der Waals surface area (Å²) in [6, 6.07) is 3.59. The van der Waals surface area contributed by atoms with Crippen molar-refractivity contribution in [2.24, 2.45) is 0 Å². The third-order valence-electron chi connectivity index (χ3n) is 3.09. The van der Waals surface area contributed by atoms with E-state index in [1.54, 1.807) is 13.8 Å². The van der Waals surface area contributed by atoms with Gasteiger partial charge in [0.05, 0.1) is 18.8 Å². The predicted octanol–water partition coefficient (Wildman–Crippen LogP) is 1.21. The number of halogens is 1. The average Bonchev–Trinajstić information content (AvgIpc) is 2.27. The van der Waals surface area contributed by atoms with Crippen LogP contribution in [0.5, 0.6) is 0 Å². The van der Waals surface area contributed by atoms with E-state index in [0.717, 1.165) is 6.07 Å². The van der Waals surface area contributed by atoms with Crippen molar-refractivity contribution in [1.82, 2.24) is 4.31 Å². The van der Waals surface area contributed by atoms with E-state index in [-0.39, 0.29) is 23.7 Å². The number of ether oxygens (including phenoxy) is 1. The number of rotatable bonds is 2. The van der Waals surface area contributed by atoms with Gasteiger partial charge in [-0.25, -0.2) is 12.8 Å². The third-order valence-corrected chi connectivity index (χ3v) is 5.24. The molecule has 1 aliphatic rings. The molecule has 106 valence electrons. The number of anilines is 1. The number of benzene rings is 1. The highest BCUT2D eigenvalue weighted by atomic mass is 32.2. The fourth-order valence-electron chi connectivity index (χ4n) is 2.13. The van der Waals surface area contributed by atoms with Crippen LogP contribution in [0.1, 0.15) is 13.8 Å². The van der Waals surface area contributed by atoms with Crippen LogP contribution in [0, 0.1) is 5.82 Å². The van der Waals surface area contributed by atoms with Crippen molar-refractivity contribution in [2.75, 3.05) is 25.5 Å². The molecule has 1 heterocycles. The minimum absolute atomic E-state index is 0.192. The Kier molecular flexibility index (Phi) is 3.55. The molecule has 1 aliphatic heterocycles. The molecule has 1 saturated heterocycles. The summed E-state index contributed by atoms with van der Waals surface area (Å²) in [6.07, 6.45) is 0. The molecule has 0 spiro atoms. The van der Waals surface area contributed by atoms with Crippen LogP contribution in [0.2, 0.25) is 0 Å². The summed E-state index contributed by atoms with van der Waals surface area (Å²) in [5.41, 5.74) is 4.92. The largest absolute Gasteiger partial charge is 0.399 e. The Morgan fingerprint density at radius 2 is 2.11 bits per heavy atom. The standard InChI is InChI=1S/C12H17FN2O3S/c1-12(2)8-18-6-5-15(12)19(16,17)11-4-3-9(14)7-10(11)13/h3-4,7H,5-6,8,14H2,1-2H3. The molecule has 0 saturated carbocycles. The second-order valence-electron chi connectivity index (χ2n) is 5.13. The number of hydrogen-bond acceptors (Lipinski definition) is 4. The molecular formula is C12H17FN2O3S. The second kappa shape index (κ2) is 4.73. The van der Waals surface area contributed by atoms with Crippen LogP contribution in [0.3, 0.4) is 0 Å². The van der Waals surface area contributed by atoms with Crippen molar-refractivity contribution in [1.29, 1.82) is 0 Å². The Bertz CT molecular complexity index is 587. The van der Waals surface area contributed by atoms with Crippen LogP contribution in [-0.2, 0) is 14.8 Å². The molecule has 0 aromatic heterocycles. The van der Waals surface area contributed by atoms with Crippen LogP contribution in [0.15, 0.2) is 23.1 Å². The minimum atomic E-state index is -3.89. The second-order valence-corrected chi connectivity index (χ2v) is 6.96. The van der Waals surface area contributed by atoms with Gasteiger partial charge >= 0.3 is 0 Å². The van der Waals surface area contributed by atoms with Gasteiger partial charge < -0.3 is 10.5 Å². The molecule has 2 rings (SSSR count). The van der Waals surface area contributed by atoms with Gasteiger partial charge in [0.25, 0.3) is 0 Å². The first kappa shape index (κ1) is 14.2. The lowest BCUT2D eigenvalue weighted by molar-refractivity contribution is -0.00779. The average molecular weight is 288 g/mol. The predicted molar refractivity (Wildman–Crippen MR) is 69.6 cm³/mol. The first-order valence-corrected chi connectivity index (χ1v) is 7.35. The number of morpholine rings is 1. The van der Waals surface area contributed by atoms with Gasteiger partial charge in [-0.1, -0.05) is 0 Å². The first-order valence-electron chi connectivity index (χ1n) is 5.91. The van der Waals surface area contributed by atoms with Crippen molar-refractivity contribution in [3.63, 3.8) is 0 Å². The molecular weight excluding hydrogens is 271 g/mol. The molecule has 0 aliphatic carbocycles. The quantitative estimate of drug-likeness (QED) is 0.830. The molecule has 1 aromatic carbocycles. The fourth-order valence-corrected chi connectivity index (χ4v) is 3.94. The van der Waals surface area contributed by atoms with Crippen LogP contribution >= 0.6 is 0 Å². The monoisotopic (exact) mass is 288 g/mol. The number of nitrogen functional groups attached to an aromatic ring is 1. The van der Waals surface area contributed by atoms with Crippen LogP contribution in [0.25, 0.3) is 0 Å². The van der Waals surface area contributed by atoms with E-state index in [0.29, 0.717) is 6.61 Å². The molecule has 19 heavy (non-hydrogen) atoms. The van der Waals surface area contributed by atoms with Crippen LogP contribution in [-0.4, -0.2) is 38.0 Å². The van der Waals surface area contributed by atoms with Gasteiger partial charge in [-0.2, -0.15) is 4.31 Å². The molecule has 1 fully saturated rings. The topological polar surface area (TPSA) is 72.6 Å². The molecule has 1 aromatic rings. The highest BCUT2D eigenvalue weighted by Crippen LogP contribution is 2.29. The zero-order valence-corrected chi connectivity index (χ0v) is 11.7. The van der Waals surface area contributed by atoms with Crippen LogP contribution < -0.4 is 5.73 Å². The van der Waals surface area contributed by atoms with E-state index in [9.17, 15) is 12.8 Å². The van der Waals surface area contributed by atoms with Gasteiger partial charge in [0.15, 0.2) is 0 Å². The van der Waals surface area contributed by atoms with E-state index in [4.69, 9.17) is 10.5 Å². The fraction of sp³-hybridized carbons (Fsp3) is 0.500. The highest BCUT2D eigenvalue weighted by Gasteiger charge is 2.40. The molecule has 0 amide bonds. The molecule has 0 bridgehead atoms. The van der Waals surface area contributed by atoms with Gasteiger partial charge in [-0.3, -0.25) is 0 Å². The molecule has 5 nitrogen and oxygen atoms in total. The summed E-state index contributed by atoms with van der Waals surface area (Å²) in [5.74, 6) is -0.831. The number of nitrogens with two attached hydrogens (primary N) is 1. The van der Waals surface area contributed by atoms with E-state index in [1.807, 2.05) is 0 Å². The van der Waals surface area contributed by atoms with Crippen molar-refractivity contribution in [3.8, 4) is 0 Å². The zero-order chi connectivity index (χ0) is 14.3. The van der Waals surface area contributed by atoms with Gasteiger partial charge in [0.2, 0.25) is 10.0 Å². The summed E-state index contributed by atoms with van der Waals surface area (Å²) in [4.78, 5) is -0.350. The number of hydrogen-bond donors (Lipinski definition) is 1. The lowest BCUT2D eigenvalue weighted by Crippen LogP contribution is -2.55. The Labute approximate surface area is 112 Å².